The Balaban J connectivity index is 1.96. The Labute approximate surface area is 109 Å². The molecule has 1 aromatic carbocycles. The van der Waals surface area contributed by atoms with Crippen molar-refractivity contribution in [1.29, 1.82) is 0 Å². The van der Waals surface area contributed by atoms with Crippen molar-refractivity contribution in [3.63, 3.8) is 0 Å². The molecule has 0 aliphatic carbocycles. The van der Waals surface area contributed by atoms with Gasteiger partial charge in [-0.2, -0.15) is 0 Å². The number of hydrogen-bond donors (Lipinski definition) is 1. The van der Waals surface area contributed by atoms with Gasteiger partial charge in [0.25, 0.3) is 0 Å². The number of benzene rings is 1. The van der Waals surface area contributed by atoms with Gasteiger partial charge in [0, 0.05) is 13.1 Å². The summed E-state index contributed by atoms with van der Waals surface area (Å²) >= 11 is 0. The van der Waals surface area contributed by atoms with Gasteiger partial charge in [0.15, 0.2) is 0 Å². The summed E-state index contributed by atoms with van der Waals surface area (Å²) in [5, 5.41) is 9.66. The Bertz CT molecular complexity index is 379. The summed E-state index contributed by atoms with van der Waals surface area (Å²) in [6.07, 6.45) is 2.07. The van der Waals surface area contributed by atoms with E-state index >= 15 is 0 Å². The first kappa shape index (κ1) is 13.4. The minimum absolute atomic E-state index is 0.158. The third kappa shape index (κ3) is 4.00. The van der Waals surface area contributed by atoms with Gasteiger partial charge in [-0.3, -0.25) is 4.90 Å². The van der Waals surface area contributed by atoms with Crippen LogP contribution in [0.1, 0.15) is 32.3 Å². The number of likely N-dealkylation sites (tertiary alicyclic amines) is 1. The van der Waals surface area contributed by atoms with Crippen LogP contribution >= 0.6 is 0 Å². The normalized spacial score (nSPS) is 21.2. The Morgan fingerprint density at radius 3 is 3.00 bits per heavy atom. The van der Waals surface area contributed by atoms with E-state index in [1.807, 2.05) is 26.0 Å². The minimum Gasteiger partial charge on any atom is -0.491 e. The molecule has 0 bridgehead atoms. The topological polar surface area (TPSA) is 32.7 Å². The third-order valence-electron chi connectivity index (χ3n) is 3.16. The van der Waals surface area contributed by atoms with Crippen LogP contribution in [0.4, 0.5) is 0 Å². The second-order valence-electron chi connectivity index (χ2n) is 5.35. The third-order valence-corrected chi connectivity index (χ3v) is 3.16. The van der Waals surface area contributed by atoms with Gasteiger partial charge in [0.1, 0.15) is 5.75 Å². The number of hydrogen-bond acceptors (Lipinski definition) is 3. The zero-order valence-electron chi connectivity index (χ0n) is 11.3. The molecule has 0 unspecified atom stereocenters. The molecule has 100 valence electrons. The zero-order valence-corrected chi connectivity index (χ0v) is 11.3. The maximum Gasteiger partial charge on any atom is 0.120 e. The lowest BCUT2D eigenvalue weighted by molar-refractivity contribution is 0.0668. The van der Waals surface area contributed by atoms with Crippen LogP contribution < -0.4 is 4.74 Å². The highest BCUT2D eigenvalue weighted by molar-refractivity contribution is 5.28. The molecule has 0 aromatic heterocycles. The number of rotatable bonds is 4. The monoisotopic (exact) mass is 249 g/mol. The number of aliphatic hydroxyl groups excluding tert-OH is 1. The first-order valence-electron chi connectivity index (χ1n) is 6.79. The summed E-state index contributed by atoms with van der Waals surface area (Å²) in [7, 11) is 0. The van der Waals surface area contributed by atoms with Crippen molar-refractivity contribution in [2.45, 2.75) is 45.4 Å². The van der Waals surface area contributed by atoms with Crippen molar-refractivity contribution in [1.82, 2.24) is 4.90 Å². The van der Waals surface area contributed by atoms with Crippen molar-refractivity contribution in [3.8, 4) is 5.75 Å². The average molecular weight is 249 g/mol. The van der Waals surface area contributed by atoms with Crippen LogP contribution in [-0.4, -0.2) is 35.3 Å². The van der Waals surface area contributed by atoms with Crippen LogP contribution in [0.5, 0.6) is 5.75 Å². The minimum atomic E-state index is -0.158. The number of aliphatic hydroxyl groups is 1. The van der Waals surface area contributed by atoms with Crippen LogP contribution in [0.2, 0.25) is 0 Å². The van der Waals surface area contributed by atoms with E-state index in [-0.39, 0.29) is 12.2 Å². The summed E-state index contributed by atoms with van der Waals surface area (Å²) in [6, 6.07) is 8.25. The summed E-state index contributed by atoms with van der Waals surface area (Å²) < 4.78 is 5.70. The number of β-amino-alcohol motifs (C(OH)–C–C–N with tert-alkyl or cyclic N) is 1. The lowest BCUT2D eigenvalue weighted by Gasteiger charge is -2.30. The van der Waals surface area contributed by atoms with E-state index in [1.165, 1.54) is 5.56 Å². The standard InChI is InChI=1S/C15H23NO2/c1-12(2)18-15-7-3-5-13(9-15)10-16-8-4-6-14(17)11-16/h3,5,7,9,12,14,17H,4,6,8,10-11H2,1-2H3/t14-/m1/s1. The van der Waals surface area contributed by atoms with Crippen molar-refractivity contribution in [2.24, 2.45) is 0 Å². The van der Waals surface area contributed by atoms with Gasteiger partial charge in [-0.05, 0) is 50.9 Å². The summed E-state index contributed by atoms with van der Waals surface area (Å²) in [6.45, 7) is 6.83. The van der Waals surface area contributed by atoms with Crippen LogP contribution in [0.15, 0.2) is 24.3 Å². The predicted octanol–water partition coefficient (Wildman–Crippen LogP) is 2.43. The van der Waals surface area contributed by atoms with Gasteiger partial charge < -0.3 is 9.84 Å². The van der Waals surface area contributed by atoms with Gasteiger partial charge in [0.05, 0.1) is 12.2 Å². The lowest BCUT2D eigenvalue weighted by atomic mass is 10.1. The molecule has 1 aromatic rings. The van der Waals surface area contributed by atoms with Gasteiger partial charge in [-0.15, -0.1) is 0 Å². The number of ether oxygens (including phenoxy) is 1. The molecule has 3 heteroatoms. The van der Waals surface area contributed by atoms with E-state index < -0.39 is 0 Å². The second-order valence-corrected chi connectivity index (χ2v) is 5.35. The highest BCUT2D eigenvalue weighted by atomic mass is 16.5. The van der Waals surface area contributed by atoms with E-state index in [2.05, 4.69) is 17.0 Å². The summed E-state index contributed by atoms with van der Waals surface area (Å²) in [4.78, 5) is 2.31. The van der Waals surface area contributed by atoms with E-state index in [4.69, 9.17) is 4.74 Å². The van der Waals surface area contributed by atoms with Crippen molar-refractivity contribution in [2.75, 3.05) is 13.1 Å². The fraction of sp³-hybridized carbons (Fsp3) is 0.600. The Hall–Kier alpha value is -1.06. The molecule has 0 radical (unpaired) electrons. The quantitative estimate of drug-likeness (QED) is 0.889. The molecule has 1 heterocycles. The summed E-state index contributed by atoms with van der Waals surface area (Å²) in [5.74, 6) is 0.931. The maximum absolute atomic E-state index is 9.66. The van der Waals surface area contributed by atoms with Crippen molar-refractivity contribution in [3.05, 3.63) is 29.8 Å². The zero-order chi connectivity index (χ0) is 13.0. The smallest absolute Gasteiger partial charge is 0.120 e. The molecule has 18 heavy (non-hydrogen) atoms. The van der Waals surface area contributed by atoms with E-state index in [0.29, 0.717) is 0 Å². The fourth-order valence-electron chi connectivity index (χ4n) is 2.42. The highest BCUT2D eigenvalue weighted by Gasteiger charge is 2.17. The molecular formula is C15H23NO2. The number of nitrogens with zero attached hydrogens (tertiary/aromatic N) is 1. The Kier molecular flexibility index (Phi) is 4.61. The predicted molar refractivity (Wildman–Crippen MR) is 72.7 cm³/mol. The van der Waals surface area contributed by atoms with Crippen molar-refractivity contribution >= 4 is 0 Å². The van der Waals surface area contributed by atoms with E-state index in [9.17, 15) is 5.11 Å². The molecule has 1 atom stereocenters. The number of piperidine rings is 1. The van der Waals surface area contributed by atoms with Gasteiger partial charge in [-0.1, -0.05) is 12.1 Å². The average Bonchev–Trinajstić information content (AvgIpc) is 2.28. The first-order valence-corrected chi connectivity index (χ1v) is 6.79. The largest absolute Gasteiger partial charge is 0.491 e. The fourth-order valence-corrected chi connectivity index (χ4v) is 2.42. The van der Waals surface area contributed by atoms with Crippen LogP contribution in [0.3, 0.4) is 0 Å². The van der Waals surface area contributed by atoms with Gasteiger partial charge in [-0.25, -0.2) is 0 Å². The Morgan fingerprint density at radius 1 is 1.44 bits per heavy atom. The van der Waals surface area contributed by atoms with E-state index in [1.54, 1.807) is 0 Å². The SMILES string of the molecule is CC(C)Oc1cccc(CN2CCC[C@@H](O)C2)c1. The molecule has 1 N–H and O–H groups in total. The molecule has 0 saturated carbocycles. The van der Waals surface area contributed by atoms with Gasteiger partial charge in [0.2, 0.25) is 0 Å². The molecule has 3 nitrogen and oxygen atoms in total. The van der Waals surface area contributed by atoms with E-state index in [0.717, 1.165) is 38.2 Å². The molecule has 0 spiro atoms. The summed E-state index contributed by atoms with van der Waals surface area (Å²) in [5.41, 5.74) is 1.25. The van der Waals surface area contributed by atoms with Crippen LogP contribution in [0, 0.1) is 0 Å². The molecule has 1 fully saturated rings. The van der Waals surface area contributed by atoms with Crippen LogP contribution in [0.25, 0.3) is 0 Å². The molecule has 1 aliphatic rings. The molecule has 2 rings (SSSR count). The lowest BCUT2D eigenvalue weighted by Crippen LogP contribution is -2.37. The molecular weight excluding hydrogens is 226 g/mol. The first-order chi connectivity index (χ1) is 8.63. The van der Waals surface area contributed by atoms with Crippen LogP contribution in [-0.2, 0) is 6.54 Å². The highest BCUT2D eigenvalue weighted by Crippen LogP contribution is 2.18. The van der Waals surface area contributed by atoms with Gasteiger partial charge >= 0.3 is 0 Å². The van der Waals surface area contributed by atoms with Crippen molar-refractivity contribution < 1.29 is 9.84 Å². The maximum atomic E-state index is 9.66. The molecule has 1 saturated heterocycles. The molecule has 1 aliphatic heterocycles. The molecule has 0 amide bonds. The second kappa shape index (κ2) is 6.21. The Morgan fingerprint density at radius 2 is 2.28 bits per heavy atom.